The van der Waals surface area contributed by atoms with Gasteiger partial charge in [-0.05, 0) is 17.7 Å². The third-order valence-electron chi connectivity index (χ3n) is 3.15. The molecular formula is C13H16F6O5S2. The Hall–Kier alpha value is -1.02. The predicted octanol–water partition coefficient (Wildman–Crippen LogP) is 2.78. The molecule has 1 rings (SSSR count). The van der Waals surface area contributed by atoms with Crippen LogP contribution in [0.5, 0.6) is 0 Å². The Balaban J connectivity index is 3.21. The van der Waals surface area contributed by atoms with Crippen LogP contribution in [0, 0.1) is 0 Å². The predicted molar refractivity (Wildman–Crippen MR) is 82.7 cm³/mol. The molecule has 0 saturated carbocycles. The molecule has 1 aromatic carbocycles. The van der Waals surface area contributed by atoms with E-state index in [9.17, 15) is 34.8 Å². The summed E-state index contributed by atoms with van der Waals surface area (Å²) in [4.78, 5) is 0. The van der Waals surface area contributed by atoms with E-state index in [1.54, 1.807) is 0 Å². The van der Waals surface area contributed by atoms with E-state index in [2.05, 4.69) is 3.63 Å². The smallest absolute Gasteiger partial charge is 0.395 e. The van der Waals surface area contributed by atoms with Gasteiger partial charge in [-0.15, -0.1) is 10.3 Å². The Bertz CT molecular complexity index is 678. The lowest BCUT2D eigenvalue weighted by Crippen LogP contribution is -2.30. The standard InChI is InChI=1S/C13H16F6O5S2/c14-12(15,16)11-3-1-10(2-4-11)9-25(7-5-20,8-6-21)24-26(22,23)13(17,18)19/h1-4,20-21H,5-9H2. The highest BCUT2D eigenvalue weighted by Gasteiger charge is 2.50. The number of aliphatic hydroxyl groups is 2. The first kappa shape index (κ1) is 23.0. The largest absolute Gasteiger partial charge is 0.523 e. The zero-order chi connectivity index (χ0) is 20.2. The average molecular weight is 430 g/mol. The second-order valence-corrected chi connectivity index (χ2v) is 10.1. The average Bonchev–Trinajstić information content (AvgIpc) is 2.45. The number of benzene rings is 1. The summed E-state index contributed by atoms with van der Waals surface area (Å²) in [6.45, 7) is -1.47. The molecule has 0 radical (unpaired) electrons. The van der Waals surface area contributed by atoms with E-state index in [1.165, 1.54) is 0 Å². The van der Waals surface area contributed by atoms with Crippen molar-refractivity contribution in [3.63, 3.8) is 0 Å². The van der Waals surface area contributed by atoms with E-state index in [1.807, 2.05) is 0 Å². The van der Waals surface area contributed by atoms with Crippen LogP contribution < -0.4 is 0 Å². The maximum Gasteiger partial charge on any atom is 0.523 e. The lowest BCUT2D eigenvalue weighted by atomic mass is 10.1. The summed E-state index contributed by atoms with van der Waals surface area (Å²) in [6, 6.07) is 3.33. The lowest BCUT2D eigenvalue weighted by molar-refractivity contribution is -0.137. The van der Waals surface area contributed by atoms with Crippen LogP contribution in [0.15, 0.2) is 24.3 Å². The molecule has 0 bridgehead atoms. The molecule has 0 aliphatic heterocycles. The summed E-state index contributed by atoms with van der Waals surface area (Å²) in [7, 11) is -9.24. The summed E-state index contributed by atoms with van der Waals surface area (Å²) >= 11 is 0. The molecule has 1 aromatic rings. The van der Waals surface area contributed by atoms with Crippen LogP contribution in [0.4, 0.5) is 26.3 Å². The molecule has 0 saturated heterocycles. The van der Waals surface area contributed by atoms with Crippen molar-refractivity contribution in [2.45, 2.75) is 17.4 Å². The van der Waals surface area contributed by atoms with Crippen molar-refractivity contribution in [1.29, 1.82) is 0 Å². The molecule has 0 unspecified atom stereocenters. The van der Waals surface area contributed by atoms with Crippen LogP contribution in [-0.4, -0.2) is 48.9 Å². The molecule has 0 heterocycles. The summed E-state index contributed by atoms with van der Waals surface area (Å²) in [6.07, 6.45) is -4.62. The highest BCUT2D eigenvalue weighted by Crippen LogP contribution is 2.54. The highest BCUT2D eigenvalue weighted by atomic mass is 32.3. The number of aliphatic hydroxyl groups excluding tert-OH is 2. The summed E-state index contributed by atoms with van der Waals surface area (Å²) in [5, 5.41) is 18.2. The van der Waals surface area contributed by atoms with Gasteiger partial charge < -0.3 is 10.2 Å². The monoisotopic (exact) mass is 430 g/mol. The normalized spacial score (nSPS) is 14.5. The van der Waals surface area contributed by atoms with Crippen LogP contribution in [0.1, 0.15) is 11.1 Å². The third-order valence-corrected chi connectivity index (χ3v) is 8.31. The molecular weight excluding hydrogens is 414 g/mol. The Morgan fingerprint density at radius 2 is 1.35 bits per heavy atom. The maximum atomic E-state index is 12.6. The van der Waals surface area contributed by atoms with Crippen molar-refractivity contribution in [3.8, 4) is 0 Å². The molecule has 0 atom stereocenters. The van der Waals surface area contributed by atoms with Gasteiger partial charge in [0, 0.05) is 17.3 Å². The van der Waals surface area contributed by atoms with Crippen molar-refractivity contribution >= 4 is 20.4 Å². The van der Waals surface area contributed by atoms with Gasteiger partial charge in [0.05, 0.1) is 18.8 Å². The summed E-state index contributed by atoms with van der Waals surface area (Å²) in [5.41, 5.74) is -6.63. The van der Waals surface area contributed by atoms with Gasteiger partial charge in [-0.3, -0.25) is 0 Å². The van der Waals surface area contributed by atoms with Gasteiger partial charge in [-0.25, -0.2) is 3.63 Å². The third kappa shape index (κ3) is 6.01. The highest BCUT2D eigenvalue weighted by molar-refractivity contribution is 8.32. The molecule has 0 amide bonds. The molecule has 0 aliphatic carbocycles. The molecule has 152 valence electrons. The van der Waals surface area contributed by atoms with E-state index in [-0.39, 0.29) is 5.56 Å². The Morgan fingerprint density at radius 1 is 0.885 bits per heavy atom. The van der Waals surface area contributed by atoms with Crippen LogP contribution in [0.2, 0.25) is 0 Å². The fraction of sp³-hybridized carbons (Fsp3) is 0.538. The maximum absolute atomic E-state index is 12.6. The molecule has 2 N–H and O–H groups in total. The molecule has 0 aromatic heterocycles. The molecule has 0 aliphatic rings. The second kappa shape index (κ2) is 8.33. The Labute approximate surface area is 147 Å². The van der Waals surface area contributed by atoms with Crippen LogP contribution >= 0.6 is 10.3 Å². The quantitative estimate of drug-likeness (QED) is 0.490. The molecule has 0 spiro atoms. The Kier molecular flexibility index (Phi) is 7.38. The van der Waals surface area contributed by atoms with E-state index in [0.717, 1.165) is 12.1 Å². The van der Waals surface area contributed by atoms with Crippen LogP contribution in [-0.2, 0) is 25.7 Å². The fourth-order valence-electron chi connectivity index (χ4n) is 1.99. The topological polar surface area (TPSA) is 83.8 Å². The van der Waals surface area contributed by atoms with E-state index >= 15 is 0 Å². The number of rotatable bonds is 8. The van der Waals surface area contributed by atoms with Crippen molar-refractivity contribution in [3.05, 3.63) is 35.4 Å². The first-order chi connectivity index (χ1) is 11.8. The van der Waals surface area contributed by atoms with Crippen LogP contribution in [0.3, 0.4) is 0 Å². The van der Waals surface area contributed by atoms with Gasteiger partial charge in [0.1, 0.15) is 0 Å². The summed E-state index contributed by atoms with van der Waals surface area (Å²) < 4.78 is 103. The number of hydrogen-bond donors (Lipinski definition) is 2. The van der Waals surface area contributed by atoms with Gasteiger partial charge in [-0.2, -0.15) is 34.8 Å². The zero-order valence-corrected chi connectivity index (χ0v) is 14.7. The lowest BCUT2D eigenvalue weighted by Gasteiger charge is -2.37. The van der Waals surface area contributed by atoms with Gasteiger partial charge in [0.15, 0.2) is 0 Å². The van der Waals surface area contributed by atoms with Gasteiger partial charge in [0.2, 0.25) is 0 Å². The number of alkyl halides is 6. The van der Waals surface area contributed by atoms with E-state index < -0.39 is 68.1 Å². The van der Waals surface area contributed by atoms with Gasteiger partial charge >= 0.3 is 21.8 Å². The van der Waals surface area contributed by atoms with Crippen molar-refractivity contribution in [2.75, 3.05) is 24.7 Å². The SMILES string of the molecule is O=S(=O)(OS(CCO)(CCO)Cc1ccc(C(F)(F)F)cc1)C(F)(F)F. The fourth-order valence-corrected chi connectivity index (χ4v) is 6.52. The zero-order valence-electron chi connectivity index (χ0n) is 13.0. The van der Waals surface area contributed by atoms with Gasteiger partial charge in [0.25, 0.3) is 0 Å². The van der Waals surface area contributed by atoms with Crippen molar-refractivity contribution < 1.29 is 48.6 Å². The van der Waals surface area contributed by atoms with E-state index in [4.69, 9.17) is 10.2 Å². The van der Waals surface area contributed by atoms with Crippen molar-refractivity contribution in [2.24, 2.45) is 0 Å². The second-order valence-electron chi connectivity index (χ2n) is 5.13. The molecule has 13 heteroatoms. The molecule has 0 fully saturated rings. The van der Waals surface area contributed by atoms with E-state index in [0.29, 0.717) is 12.1 Å². The van der Waals surface area contributed by atoms with Crippen molar-refractivity contribution in [1.82, 2.24) is 0 Å². The Morgan fingerprint density at radius 3 is 1.69 bits per heavy atom. The van der Waals surface area contributed by atoms with Gasteiger partial charge in [-0.1, -0.05) is 12.1 Å². The minimum atomic E-state index is -6.02. The minimum absolute atomic E-state index is 0.0762. The number of hydrogen-bond acceptors (Lipinski definition) is 5. The number of halogens is 6. The molecule has 26 heavy (non-hydrogen) atoms. The molecule has 5 nitrogen and oxygen atoms in total. The van der Waals surface area contributed by atoms with Crippen LogP contribution in [0.25, 0.3) is 0 Å². The minimum Gasteiger partial charge on any atom is -0.395 e. The first-order valence-corrected chi connectivity index (χ1v) is 10.4. The first-order valence-electron chi connectivity index (χ1n) is 6.93. The summed E-state index contributed by atoms with van der Waals surface area (Å²) in [5.74, 6) is -1.50.